The molecule has 5 heteroatoms. The van der Waals surface area contributed by atoms with Crippen molar-refractivity contribution in [1.29, 1.82) is 0 Å². The number of hydrogen-bond acceptors (Lipinski definition) is 4. The van der Waals surface area contributed by atoms with E-state index in [9.17, 15) is 4.79 Å². The van der Waals surface area contributed by atoms with Gasteiger partial charge in [-0.05, 0) is 44.4 Å². The molecule has 20 heavy (non-hydrogen) atoms. The van der Waals surface area contributed by atoms with Crippen molar-refractivity contribution in [3.05, 3.63) is 23.8 Å². The molecule has 5 nitrogen and oxygen atoms in total. The van der Waals surface area contributed by atoms with E-state index in [0.29, 0.717) is 25.4 Å². The van der Waals surface area contributed by atoms with Gasteiger partial charge in [0.2, 0.25) is 0 Å². The maximum Gasteiger partial charge on any atom is 0.320 e. The van der Waals surface area contributed by atoms with E-state index in [1.165, 1.54) is 0 Å². The standard InChI is InChI=1S/C15H21NO4/c1-3-19-13-8-5-10(9-14(13)20-4-2)11-6-7-12(16-11)15(17)18/h5,8-9,11-12,16H,3-4,6-7H2,1-2H3,(H,17,18). The highest BCUT2D eigenvalue weighted by Crippen LogP contribution is 2.34. The Kier molecular flexibility index (Phi) is 4.84. The summed E-state index contributed by atoms with van der Waals surface area (Å²) < 4.78 is 11.1. The van der Waals surface area contributed by atoms with Gasteiger partial charge in [0.15, 0.2) is 11.5 Å². The summed E-state index contributed by atoms with van der Waals surface area (Å²) in [6.07, 6.45) is 1.47. The zero-order valence-corrected chi connectivity index (χ0v) is 11.9. The molecule has 1 heterocycles. The van der Waals surface area contributed by atoms with Crippen molar-refractivity contribution in [2.24, 2.45) is 0 Å². The van der Waals surface area contributed by atoms with Crippen LogP contribution in [-0.4, -0.2) is 30.3 Å². The van der Waals surface area contributed by atoms with Crippen LogP contribution >= 0.6 is 0 Å². The molecular weight excluding hydrogens is 258 g/mol. The average Bonchev–Trinajstić information content (AvgIpc) is 2.91. The predicted molar refractivity (Wildman–Crippen MR) is 75.3 cm³/mol. The molecule has 0 radical (unpaired) electrons. The van der Waals surface area contributed by atoms with Gasteiger partial charge in [-0.25, -0.2) is 0 Å². The maximum atomic E-state index is 11.0. The topological polar surface area (TPSA) is 67.8 Å². The van der Waals surface area contributed by atoms with Crippen molar-refractivity contribution in [3.63, 3.8) is 0 Å². The first kappa shape index (κ1) is 14.7. The van der Waals surface area contributed by atoms with Crippen LogP contribution in [0.25, 0.3) is 0 Å². The van der Waals surface area contributed by atoms with E-state index in [-0.39, 0.29) is 6.04 Å². The molecule has 1 aromatic carbocycles. The fourth-order valence-corrected chi connectivity index (χ4v) is 2.48. The first-order chi connectivity index (χ1) is 9.65. The molecule has 0 spiro atoms. The Labute approximate surface area is 118 Å². The van der Waals surface area contributed by atoms with Gasteiger partial charge in [-0.2, -0.15) is 0 Å². The van der Waals surface area contributed by atoms with Crippen molar-refractivity contribution in [2.75, 3.05) is 13.2 Å². The van der Waals surface area contributed by atoms with Crippen molar-refractivity contribution >= 4 is 5.97 Å². The molecule has 0 aromatic heterocycles. The number of rotatable bonds is 6. The largest absolute Gasteiger partial charge is 0.490 e. The number of carbonyl (C=O) groups is 1. The molecule has 1 aliphatic rings. The summed E-state index contributed by atoms with van der Waals surface area (Å²) in [6, 6.07) is 5.40. The van der Waals surface area contributed by atoms with Gasteiger partial charge in [-0.1, -0.05) is 6.07 Å². The van der Waals surface area contributed by atoms with Crippen LogP contribution < -0.4 is 14.8 Å². The smallest absolute Gasteiger partial charge is 0.320 e. The van der Waals surface area contributed by atoms with Crippen molar-refractivity contribution in [2.45, 2.75) is 38.8 Å². The van der Waals surface area contributed by atoms with Crippen molar-refractivity contribution in [3.8, 4) is 11.5 Å². The van der Waals surface area contributed by atoms with Crippen LogP contribution in [0.3, 0.4) is 0 Å². The molecule has 0 bridgehead atoms. The van der Waals surface area contributed by atoms with Crippen molar-refractivity contribution < 1.29 is 19.4 Å². The molecule has 0 amide bonds. The van der Waals surface area contributed by atoms with E-state index in [0.717, 1.165) is 17.7 Å². The lowest BCUT2D eigenvalue weighted by Crippen LogP contribution is -2.31. The number of benzene rings is 1. The zero-order valence-electron chi connectivity index (χ0n) is 11.9. The second kappa shape index (κ2) is 6.61. The Morgan fingerprint density at radius 3 is 2.55 bits per heavy atom. The third-order valence-corrected chi connectivity index (χ3v) is 3.41. The van der Waals surface area contributed by atoms with Gasteiger partial charge in [0.25, 0.3) is 0 Å². The molecule has 110 valence electrons. The summed E-state index contributed by atoms with van der Waals surface area (Å²) in [5, 5.41) is 12.2. The molecule has 2 N–H and O–H groups in total. The number of nitrogens with one attached hydrogen (secondary N) is 1. The summed E-state index contributed by atoms with van der Waals surface area (Å²) in [7, 11) is 0. The van der Waals surface area contributed by atoms with Crippen molar-refractivity contribution in [1.82, 2.24) is 5.32 Å². The van der Waals surface area contributed by atoms with Crippen LogP contribution in [0.4, 0.5) is 0 Å². The van der Waals surface area contributed by atoms with E-state index in [4.69, 9.17) is 14.6 Å². The quantitative estimate of drug-likeness (QED) is 0.836. The first-order valence-electron chi connectivity index (χ1n) is 7.04. The number of carboxylic acids is 1. The van der Waals surface area contributed by atoms with Gasteiger partial charge in [0.05, 0.1) is 13.2 Å². The normalized spacial score (nSPS) is 21.7. The molecular formula is C15H21NO4. The second-order valence-corrected chi connectivity index (χ2v) is 4.76. The Morgan fingerprint density at radius 2 is 1.95 bits per heavy atom. The van der Waals surface area contributed by atoms with Gasteiger partial charge in [-0.3, -0.25) is 10.1 Å². The van der Waals surface area contributed by atoms with Crippen LogP contribution in [0.5, 0.6) is 11.5 Å². The van der Waals surface area contributed by atoms with Crippen LogP contribution in [0.2, 0.25) is 0 Å². The van der Waals surface area contributed by atoms with E-state index in [1.807, 2.05) is 32.0 Å². The Balaban J connectivity index is 2.16. The average molecular weight is 279 g/mol. The Bertz CT molecular complexity index is 475. The predicted octanol–water partition coefficient (Wildman–Crippen LogP) is 2.36. The lowest BCUT2D eigenvalue weighted by molar-refractivity contribution is -0.139. The fraction of sp³-hybridized carbons (Fsp3) is 0.533. The second-order valence-electron chi connectivity index (χ2n) is 4.76. The number of aliphatic carboxylic acids is 1. The molecule has 2 rings (SSSR count). The Hall–Kier alpha value is -1.75. The van der Waals surface area contributed by atoms with E-state index in [2.05, 4.69) is 5.32 Å². The molecule has 1 saturated heterocycles. The lowest BCUT2D eigenvalue weighted by Gasteiger charge is -2.16. The minimum atomic E-state index is -0.788. The van der Waals surface area contributed by atoms with Gasteiger partial charge < -0.3 is 14.6 Å². The molecule has 0 aliphatic carbocycles. The van der Waals surface area contributed by atoms with Gasteiger partial charge in [0.1, 0.15) is 6.04 Å². The molecule has 1 aromatic rings. The number of carboxylic acid groups (broad SMARTS) is 1. The van der Waals surface area contributed by atoms with Crippen LogP contribution in [0.15, 0.2) is 18.2 Å². The summed E-state index contributed by atoms with van der Waals surface area (Å²) >= 11 is 0. The zero-order chi connectivity index (χ0) is 14.5. The van der Waals surface area contributed by atoms with Gasteiger partial charge in [0, 0.05) is 6.04 Å². The molecule has 2 atom stereocenters. The van der Waals surface area contributed by atoms with Gasteiger partial charge >= 0.3 is 5.97 Å². The van der Waals surface area contributed by atoms with Crippen LogP contribution in [0.1, 0.15) is 38.3 Å². The summed E-state index contributed by atoms with van der Waals surface area (Å²) in [5.74, 6) is 0.654. The third-order valence-electron chi connectivity index (χ3n) is 3.41. The number of hydrogen-bond donors (Lipinski definition) is 2. The molecule has 1 fully saturated rings. The van der Waals surface area contributed by atoms with Gasteiger partial charge in [-0.15, -0.1) is 0 Å². The monoisotopic (exact) mass is 279 g/mol. The minimum Gasteiger partial charge on any atom is -0.490 e. The third kappa shape index (κ3) is 3.22. The van der Waals surface area contributed by atoms with E-state index >= 15 is 0 Å². The summed E-state index contributed by atoms with van der Waals surface area (Å²) in [5.41, 5.74) is 1.04. The molecule has 0 saturated carbocycles. The highest BCUT2D eigenvalue weighted by molar-refractivity contribution is 5.74. The minimum absolute atomic E-state index is 0.0611. The maximum absolute atomic E-state index is 11.0. The SMILES string of the molecule is CCOc1ccc(C2CCC(C(=O)O)N2)cc1OCC. The summed E-state index contributed by atoms with van der Waals surface area (Å²) in [4.78, 5) is 11.0. The summed E-state index contributed by atoms with van der Waals surface area (Å²) in [6.45, 7) is 5.01. The molecule has 1 aliphatic heterocycles. The van der Waals surface area contributed by atoms with Crippen LogP contribution in [0, 0.1) is 0 Å². The Morgan fingerprint density at radius 1 is 1.25 bits per heavy atom. The van der Waals surface area contributed by atoms with E-state index < -0.39 is 12.0 Å². The lowest BCUT2D eigenvalue weighted by atomic mass is 10.0. The highest BCUT2D eigenvalue weighted by atomic mass is 16.5. The van der Waals surface area contributed by atoms with Crippen LogP contribution in [-0.2, 0) is 4.79 Å². The fourth-order valence-electron chi connectivity index (χ4n) is 2.48. The first-order valence-corrected chi connectivity index (χ1v) is 7.04. The molecule has 2 unspecified atom stereocenters. The highest BCUT2D eigenvalue weighted by Gasteiger charge is 2.30. The number of ether oxygens (including phenoxy) is 2. The van der Waals surface area contributed by atoms with E-state index in [1.54, 1.807) is 0 Å².